The largest absolute Gasteiger partial charge is 0.495 e. The summed E-state index contributed by atoms with van der Waals surface area (Å²) in [6.07, 6.45) is 12.4. The predicted molar refractivity (Wildman–Crippen MR) is 158 cm³/mol. The van der Waals surface area contributed by atoms with Gasteiger partial charge in [0.05, 0.1) is 37.9 Å². The molecule has 3 aliphatic rings. The standard InChI is InChI=1S/3C10H17NO3.Fe/c3*1-8(13)6-10(14)11-5-3-2-4-9(11)7-12;/h3*6,9,12,14H,2-5,7H2,1H3;. The Morgan fingerprint density at radius 1 is 0.535 bits per heavy atom. The van der Waals surface area contributed by atoms with Gasteiger partial charge in [-0.3, -0.25) is 14.4 Å². The average Bonchev–Trinajstić information content (AvgIpc) is 2.96. The molecule has 43 heavy (non-hydrogen) atoms. The third-order valence-corrected chi connectivity index (χ3v) is 7.39. The number of carbonyl (C=O) groups excluding carboxylic acids is 3. The second-order valence-electron chi connectivity index (χ2n) is 10.9. The number of hydrogen-bond acceptors (Lipinski definition) is 12. The summed E-state index contributed by atoms with van der Waals surface area (Å²) in [5.41, 5.74) is 0. The fraction of sp³-hybridized carbons (Fsp3) is 0.700. The van der Waals surface area contributed by atoms with Crippen LogP contribution in [0.15, 0.2) is 35.9 Å². The third-order valence-electron chi connectivity index (χ3n) is 7.39. The zero-order valence-corrected chi connectivity index (χ0v) is 26.8. The van der Waals surface area contributed by atoms with Crippen LogP contribution in [0.3, 0.4) is 0 Å². The number of allylic oxidation sites excluding steroid dienone is 3. The number of aliphatic hydroxyl groups excluding tert-OH is 6. The molecule has 13 heteroatoms. The van der Waals surface area contributed by atoms with E-state index in [4.69, 9.17) is 15.3 Å². The molecule has 3 aliphatic heterocycles. The quantitative estimate of drug-likeness (QED) is 0.122. The van der Waals surface area contributed by atoms with Gasteiger partial charge in [0.2, 0.25) is 0 Å². The number of likely N-dealkylation sites (tertiary alicyclic amines) is 3. The van der Waals surface area contributed by atoms with Crippen LogP contribution in [-0.2, 0) is 31.5 Å². The van der Waals surface area contributed by atoms with Crippen LogP contribution in [0.5, 0.6) is 0 Å². The number of piperidine rings is 3. The van der Waals surface area contributed by atoms with Crippen LogP contribution < -0.4 is 0 Å². The molecule has 3 unspecified atom stereocenters. The Balaban J connectivity index is 0.000000608. The molecule has 3 saturated heterocycles. The topological polar surface area (TPSA) is 182 Å². The number of nitrogens with zero attached hydrogens (tertiary/aromatic N) is 3. The Labute approximate surface area is 265 Å². The van der Waals surface area contributed by atoms with Gasteiger partial charge in [-0.15, -0.1) is 0 Å². The monoisotopic (exact) mass is 653 g/mol. The van der Waals surface area contributed by atoms with Crippen LogP contribution in [0, 0.1) is 0 Å². The Kier molecular flexibility index (Phi) is 20.7. The average molecular weight is 654 g/mol. The summed E-state index contributed by atoms with van der Waals surface area (Å²) in [6.45, 7) is 6.39. The molecule has 3 rings (SSSR count). The van der Waals surface area contributed by atoms with Gasteiger partial charge in [-0.2, -0.15) is 0 Å². The first kappa shape index (κ1) is 40.4. The first-order chi connectivity index (χ1) is 19.9. The van der Waals surface area contributed by atoms with Gasteiger partial charge in [0, 0.05) is 54.9 Å². The molecule has 0 aromatic rings. The van der Waals surface area contributed by atoms with Crippen molar-refractivity contribution in [2.24, 2.45) is 0 Å². The van der Waals surface area contributed by atoms with E-state index in [-0.39, 0.29) is 90.0 Å². The summed E-state index contributed by atoms with van der Waals surface area (Å²) in [5, 5.41) is 56.0. The summed E-state index contributed by atoms with van der Waals surface area (Å²) in [5.74, 6) is -0.581. The maximum atomic E-state index is 10.8. The first-order valence-corrected chi connectivity index (χ1v) is 14.8. The van der Waals surface area contributed by atoms with Gasteiger partial charge in [-0.25, -0.2) is 0 Å². The smallest absolute Gasteiger partial charge is 0.190 e. The summed E-state index contributed by atoms with van der Waals surface area (Å²) in [4.78, 5) is 37.4. The number of rotatable bonds is 9. The minimum absolute atomic E-state index is 0. The first-order valence-electron chi connectivity index (χ1n) is 14.8. The van der Waals surface area contributed by atoms with Crippen molar-refractivity contribution in [3.63, 3.8) is 0 Å². The normalized spacial score (nSPS) is 23.2. The molecule has 3 atom stereocenters. The molecule has 3 heterocycles. The molecule has 3 fully saturated rings. The Morgan fingerprint density at radius 2 is 0.767 bits per heavy atom. The summed E-state index contributed by atoms with van der Waals surface area (Å²) < 4.78 is 0. The SMILES string of the molecule is CC(=O)C=C(O)N1CCCCC1CO.CC(=O)C=C(O)N1CCCCC1CO.CC(=O)C=C(O)N1CCCCC1CO.[Fe]. The van der Waals surface area contributed by atoms with E-state index in [2.05, 4.69) is 0 Å². The maximum absolute atomic E-state index is 10.8. The molecule has 0 aromatic heterocycles. The van der Waals surface area contributed by atoms with Gasteiger partial charge in [0.1, 0.15) is 0 Å². The number of hydrogen-bond donors (Lipinski definition) is 6. The van der Waals surface area contributed by atoms with E-state index in [1.165, 1.54) is 39.0 Å². The maximum Gasteiger partial charge on any atom is 0.190 e. The van der Waals surface area contributed by atoms with Crippen molar-refractivity contribution in [1.29, 1.82) is 0 Å². The summed E-state index contributed by atoms with van der Waals surface area (Å²) in [7, 11) is 0. The van der Waals surface area contributed by atoms with Crippen molar-refractivity contribution in [2.45, 2.75) is 96.7 Å². The second kappa shape index (κ2) is 22.0. The zero-order chi connectivity index (χ0) is 31.7. The van der Waals surface area contributed by atoms with Crippen molar-refractivity contribution in [3.05, 3.63) is 35.9 Å². The van der Waals surface area contributed by atoms with E-state index in [1.54, 1.807) is 14.7 Å². The van der Waals surface area contributed by atoms with Crippen molar-refractivity contribution in [2.75, 3.05) is 39.5 Å². The minimum atomic E-state index is -0.176. The minimum Gasteiger partial charge on any atom is -0.495 e. The van der Waals surface area contributed by atoms with E-state index in [0.717, 1.165) is 57.8 Å². The molecule has 248 valence electrons. The van der Waals surface area contributed by atoms with Crippen LogP contribution >= 0.6 is 0 Å². The molecule has 0 spiro atoms. The van der Waals surface area contributed by atoms with Gasteiger partial charge in [-0.1, -0.05) is 0 Å². The third kappa shape index (κ3) is 15.1. The molecule has 0 aromatic carbocycles. The van der Waals surface area contributed by atoms with Gasteiger partial charge in [0.15, 0.2) is 35.0 Å². The Bertz CT molecular complexity index is 838. The number of carbonyl (C=O) groups is 3. The van der Waals surface area contributed by atoms with Crippen LogP contribution in [0.2, 0.25) is 0 Å². The van der Waals surface area contributed by atoms with Crippen LogP contribution in [-0.4, -0.2) is 120 Å². The molecule has 0 aliphatic carbocycles. The van der Waals surface area contributed by atoms with Crippen LogP contribution in [0.4, 0.5) is 0 Å². The Hall–Kier alpha value is -2.57. The van der Waals surface area contributed by atoms with Gasteiger partial charge in [0.25, 0.3) is 0 Å². The van der Waals surface area contributed by atoms with Gasteiger partial charge >= 0.3 is 0 Å². The predicted octanol–water partition coefficient (Wildman–Crippen LogP) is 2.46. The van der Waals surface area contributed by atoms with Crippen molar-refractivity contribution in [1.82, 2.24) is 14.7 Å². The van der Waals surface area contributed by atoms with Gasteiger partial charge < -0.3 is 45.3 Å². The van der Waals surface area contributed by atoms with E-state index >= 15 is 0 Å². The van der Waals surface area contributed by atoms with Crippen LogP contribution in [0.25, 0.3) is 0 Å². The molecule has 0 bridgehead atoms. The van der Waals surface area contributed by atoms with E-state index < -0.39 is 0 Å². The molecule has 0 saturated carbocycles. The van der Waals surface area contributed by atoms with Crippen molar-refractivity contribution in [3.8, 4) is 0 Å². The van der Waals surface area contributed by atoms with E-state index in [1.807, 2.05) is 0 Å². The summed E-state index contributed by atoms with van der Waals surface area (Å²) in [6, 6.07) is -0.127. The number of ketones is 3. The molecule has 12 nitrogen and oxygen atoms in total. The van der Waals surface area contributed by atoms with Crippen molar-refractivity contribution >= 4 is 17.3 Å². The molecule has 0 radical (unpaired) electrons. The van der Waals surface area contributed by atoms with E-state index in [0.29, 0.717) is 19.6 Å². The second-order valence-corrected chi connectivity index (χ2v) is 10.9. The summed E-state index contributed by atoms with van der Waals surface area (Å²) >= 11 is 0. The Morgan fingerprint density at radius 3 is 0.953 bits per heavy atom. The van der Waals surface area contributed by atoms with Crippen LogP contribution in [0.1, 0.15) is 78.6 Å². The fourth-order valence-corrected chi connectivity index (χ4v) is 5.27. The van der Waals surface area contributed by atoms with Crippen molar-refractivity contribution < 1.29 is 62.1 Å². The van der Waals surface area contributed by atoms with Gasteiger partial charge in [-0.05, 0) is 78.6 Å². The molecular formula is C30H51FeN3O9. The zero-order valence-electron chi connectivity index (χ0n) is 25.7. The number of aliphatic hydroxyl groups is 6. The molecular weight excluding hydrogens is 602 g/mol. The molecule has 6 N–H and O–H groups in total. The fourth-order valence-electron chi connectivity index (χ4n) is 5.27. The van der Waals surface area contributed by atoms with E-state index in [9.17, 15) is 29.7 Å². The molecule has 0 amide bonds.